The highest BCUT2D eigenvalue weighted by Crippen LogP contribution is 2.32. The van der Waals surface area contributed by atoms with Crippen molar-refractivity contribution in [1.82, 2.24) is 20.1 Å². The highest BCUT2D eigenvalue weighted by molar-refractivity contribution is 6.35. The molecule has 2 heterocycles. The molecule has 1 amide bonds. The van der Waals surface area contributed by atoms with Gasteiger partial charge in [-0.2, -0.15) is 5.10 Å². The van der Waals surface area contributed by atoms with Crippen molar-refractivity contribution in [3.8, 4) is 22.6 Å². The maximum Gasteiger partial charge on any atom is 0.325 e. The molecule has 0 aliphatic carbocycles. The van der Waals surface area contributed by atoms with E-state index in [2.05, 4.69) is 15.4 Å². The second-order valence-corrected chi connectivity index (χ2v) is 7.09. The first kappa shape index (κ1) is 21.6. The number of benzene rings is 1. The van der Waals surface area contributed by atoms with E-state index in [-0.39, 0.29) is 24.6 Å². The first-order chi connectivity index (χ1) is 14.3. The van der Waals surface area contributed by atoms with E-state index in [4.69, 9.17) is 27.9 Å². The number of hydrogen-bond donors (Lipinski definition) is 2. The second-order valence-electron chi connectivity index (χ2n) is 6.25. The fourth-order valence-electron chi connectivity index (χ4n) is 2.76. The van der Waals surface area contributed by atoms with E-state index in [9.17, 15) is 14.7 Å². The molecule has 30 heavy (non-hydrogen) atoms. The average molecular weight is 449 g/mol. The molecule has 156 valence electrons. The zero-order chi connectivity index (χ0) is 21.8. The number of amides is 1. The Hall–Kier alpha value is -3.10. The minimum Gasteiger partial charge on any atom is -0.505 e. The first-order valence-electron chi connectivity index (χ1n) is 8.94. The Labute approximate surface area is 182 Å². The molecule has 3 rings (SSSR count). The van der Waals surface area contributed by atoms with E-state index in [1.807, 2.05) is 0 Å². The van der Waals surface area contributed by atoms with Gasteiger partial charge in [-0.05, 0) is 32.0 Å². The van der Waals surface area contributed by atoms with Gasteiger partial charge < -0.3 is 15.2 Å². The normalized spacial score (nSPS) is 10.7. The molecule has 10 heteroatoms. The molecule has 0 unspecified atom stereocenters. The molecule has 0 radical (unpaired) electrons. The lowest BCUT2D eigenvalue weighted by molar-refractivity contribution is -0.141. The van der Waals surface area contributed by atoms with Gasteiger partial charge in [-0.3, -0.25) is 9.59 Å². The van der Waals surface area contributed by atoms with Gasteiger partial charge in [0, 0.05) is 34.1 Å². The molecule has 0 saturated carbocycles. The maximum absolute atomic E-state index is 12.2. The van der Waals surface area contributed by atoms with Crippen LogP contribution in [0.2, 0.25) is 10.0 Å². The number of halogens is 2. The van der Waals surface area contributed by atoms with Gasteiger partial charge in [-0.25, -0.2) is 9.67 Å². The van der Waals surface area contributed by atoms with Gasteiger partial charge in [0.1, 0.15) is 12.3 Å². The molecule has 0 atom stereocenters. The summed E-state index contributed by atoms with van der Waals surface area (Å²) >= 11 is 12.2. The lowest BCUT2D eigenvalue weighted by Gasteiger charge is -2.10. The van der Waals surface area contributed by atoms with Crippen LogP contribution in [-0.4, -0.2) is 44.9 Å². The van der Waals surface area contributed by atoms with Crippen LogP contribution < -0.4 is 5.32 Å². The molecule has 3 aromatic rings. The van der Waals surface area contributed by atoms with Gasteiger partial charge in [0.05, 0.1) is 23.5 Å². The molecule has 2 N–H and O–H groups in total. The van der Waals surface area contributed by atoms with Crippen LogP contribution in [0.25, 0.3) is 16.8 Å². The van der Waals surface area contributed by atoms with Crippen LogP contribution in [0.1, 0.15) is 23.0 Å². The van der Waals surface area contributed by atoms with Crippen molar-refractivity contribution >= 4 is 35.1 Å². The highest BCUT2D eigenvalue weighted by atomic mass is 35.5. The molecule has 0 spiro atoms. The number of aromatic hydroxyl groups is 1. The van der Waals surface area contributed by atoms with Crippen molar-refractivity contribution in [3.63, 3.8) is 0 Å². The van der Waals surface area contributed by atoms with Crippen LogP contribution in [0.4, 0.5) is 0 Å². The number of aromatic nitrogens is 3. The molecule has 0 aliphatic heterocycles. The largest absolute Gasteiger partial charge is 0.505 e. The number of nitrogens with zero attached hydrogens (tertiary/aromatic N) is 3. The third kappa shape index (κ3) is 4.55. The number of rotatable bonds is 6. The zero-order valence-corrected chi connectivity index (χ0v) is 17.7. The number of pyridine rings is 1. The van der Waals surface area contributed by atoms with Gasteiger partial charge in [-0.1, -0.05) is 23.2 Å². The van der Waals surface area contributed by atoms with E-state index in [0.717, 1.165) is 0 Å². The van der Waals surface area contributed by atoms with Crippen LogP contribution in [0.15, 0.2) is 36.8 Å². The van der Waals surface area contributed by atoms with Gasteiger partial charge in [0.15, 0.2) is 5.69 Å². The maximum atomic E-state index is 12.2. The summed E-state index contributed by atoms with van der Waals surface area (Å²) in [5, 5.41) is 18.1. The van der Waals surface area contributed by atoms with Crippen LogP contribution >= 0.6 is 23.2 Å². The number of carbonyl (C=O) groups is 2. The summed E-state index contributed by atoms with van der Waals surface area (Å²) in [5.74, 6) is -1.54. The van der Waals surface area contributed by atoms with Gasteiger partial charge in [-0.15, -0.1) is 0 Å². The van der Waals surface area contributed by atoms with E-state index in [1.54, 1.807) is 49.1 Å². The molecule has 1 aromatic carbocycles. The van der Waals surface area contributed by atoms with E-state index >= 15 is 0 Å². The smallest absolute Gasteiger partial charge is 0.325 e. The Kier molecular flexibility index (Phi) is 6.59. The predicted octanol–water partition coefficient (Wildman–Crippen LogP) is 3.55. The second kappa shape index (κ2) is 9.15. The van der Waals surface area contributed by atoms with Crippen molar-refractivity contribution in [2.24, 2.45) is 0 Å². The topological polar surface area (TPSA) is 106 Å². The summed E-state index contributed by atoms with van der Waals surface area (Å²) in [4.78, 5) is 27.7. The minimum atomic E-state index is -0.682. The standard InChI is InChI=1S/C20H18Cl2N4O4/c1-3-30-17(27)9-24-20(29)18-19(28)11(2)14(8-23-18)12-7-25-26(10-12)16-5-4-13(21)6-15(16)22/h4-8,10,28H,3,9H2,1-2H3,(H,24,29). The monoisotopic (exact) mass is 448 g/mol. The summed E-state index contributed by atoms with van der Waals surface area (Å²) in [6, 6.07) is 5.05. The van der Waals surface area contributed by atoms with Crippen molar-refractivity contribution in [2.45, 2.75) is 13.8 Å². The SMILES string of the molecule is CCOC(=O)CNC(=O)c1ncc(-c2cnn(-c3ccc(Cl)cc3Cl)c2)c(C)c1O. The fourth-order valence-corrected chi connectivity index (χ4v) is 3.25. The third-order valence-electron chi connectivity index (χ3n) is 4.27. The van der Waals surface area contributed by atoms with Gasteiger partial charge in [0.25, 0.3) is 5.91 Å². The van der Waals surface area contributed by atoms with Crippen molar-refractivity contribution in [2.75, 3.05) is 13.2 Å². The highest BCUT2D eigenvalue weighted by Gasteiger charge is 2.19. The molecule has 8 nitrogen and oxygen atoms in total. The first-order valence-corrected chi connectivity index (χ1v) is 9.70. The summed E-state index contributed by atoms with van der Waals surface area (Å²) in [7, 11) is 0. The molecule has 0 aliphatic rings. The Balaban J connectivity index is 1.85. The number of ether oxygens (including phenoxy) is 1. The van der Waals surface area contributed by atoms with Gasteiger partial charge in [0.2, 0.25) is 0 Å². The fraction of sp³-hybridized carbons (Fsp3) is 0.200. The lowest BCUT2D eigenvalue weighted by Crippen LogP contribution is -2.31. The molecule has 0 bridgehead atoms. The third-order valence-corrected chi connectivity index (χ3v) is 4.81. The van der Waals surface area contributed by atoms with Gasteiger partial charge >= 0.3 is 5.97 Å². The van der Waals surface area contributed by atoms with Crippen molar-refractivity contribution in [1.29, 1.82) is 0 Å². The number of nitrogens with one attached hydrogen (secondary N) is 1. The molecular formula is C20H18Cl2N4O4. The number of hydrogen-bond acceptors (Lipinski definition) is 6. The van der Waals surface area contributed by atoms with Crippen LogP contribution in [-0.2, 0) is 9.53 Å². The van der Waals surface area contributed by atoms with Crippen molar-refractivity contribution in [3.05, 3.63) is 58.1 Å². The lowest BCUT2D eigenvalue weighted by atomic mass is 10.0. The van der Waals surface area contributed by atoms with E-state index in [0.29, 0.717) is 32.4 Å². The van der Waals surface area contributed by atoms with E-state index in [1.165, 1.54) is 6.20 Å². The quantitative estimate of drug-likeness (QED) is 0.558. The Bertz CT molecular complexity index is 1110. The molecular weight excluding hydrogens is 431 g/mol. The van der Waals surface area contributed by atoms with Crippen LogP contribution in [0, 0.1) is 6.92 Å². The van der Waals surface area contributed by atoms with Crippen LogP contribution in [0.3, 0.4) is 0 Å². The summed E-state index contributed by atoms with van der Waals surface area (Å²) in [5.41, 5.74) is 2.14. The van der Waals surface area contributed by atoms with Crippen LogP contribution in [0.5, 0.6) is 5.75 Å². The minimum absolute atomic E-state index is 0.186. The van der Waals surface area contributed by atoms with E-state index < -0.39 is 11.9 Å². The number of esters is 1. The Morgan fingerprint density at radius 3 is 2.73 bits per heavy atom. The summed E-state index contributed by atoms with van der Waals surface area (Å²) in [6.45, 7) is 3.21. The van der Waals surface area contributed by atoms with Crippen molar-refractivity contribution < 1.29 is 19.4 Å². The summed E-state index contributed by atoms with van der Waals surface area (Å²) in [6.07, 6.45) is 4.77. The average Bonchev–Trinajstić information content (AvgIpc) is 3.18. The molecule has 0 fully saturated rings. The predicted molar refractivity (Wildman–Crippen MR) is 112 cm³/mol. The number of carbonyl (C=O) groups excluding carboxylic acids is 2. The Morgan fingerprint density at radius 1 is 1.27 bits per heavy atom. The molecule has 2 aromatic heterocycles. The zero-order valence-electron chi connectivity index (χ0n) is 16.1. The summed E-state index contributed by atoms with van der Waals surface area (Å²) < 4.78 is 6.32. The molecule has 0 saturated heterocycles. The Morgan fingerprint density at radius 2 is 2.03 bits per heavy atom.